The first-order valence-electron chi connectivity index (χ1n) is 12.9. The van der Waals surface area contributed by atoms with Crippen molar-refractivity contribution in [2.24, 2.45) is 29.4 Å². The first-order valence-corrected chi connectivity index (χ1v) is 16.6. The number of nitrogens with one attached hydrogen (secondary N) is 1. The maximum atomic E-state index is 13.1. The Morgan fingerprint density at radius 1 is 1.11 bits per heavy atom. The number of rotatable bonds is 12. The minimum absolute atomic E-state index is 0.0934. The maximum Gasteiger partial charge on any atom is 0.237 e. The number of aryl methyl sites for hydroxylation is 1. The summed E-state index contributed by atoms with van der Waals surface area (Å²) in [7, 11) is -1.12. The van der Waals surface area contributed by atoms with Crippen molar-refractivity contribution in [3.63, 3.8) is 0 Å². The number of carbonyl (C=O) groups excluding carboxylic acids is 2. The van der Waals surface area contributed by atoms with Gasteiger partial charge in [-0.05, 0) is 81.0 Å². The van der Waals surface area contributed by atoms with Crippen molar-refractivity contribution in [3.05, 3.63) is 35.7 Å². The van der Waals surface area contributed by atoms with Crippen molar-refractivity contribution >= 4 is 25.6 Å². The molecule has 4 rings (SSSR count). The summed E-state index contributed by atoms with van der Waals surface area (Å²) in [5.74, 6) is -0.502. The molecule has 8 heteroatoms. The molecule has 2 fully saturated rings. The number of amides is 2. The van der Waals surface area contributed by atoms with Crippen LogP contribution in [0.25, 0.3) is 11.1 Å². The number of nitrogens with zero attached hydrogens (tertiary/aromatic N) is 2. The third-order valence-electron chi connectivity index (χ3n) is 7.34. The van der Waals surface area contributed by atoms with Gasteiger partial charge in [0.15, 0.2) is 0 Å². The molecule has 0 aliphatic heterocycles. The van der Waals surface area contributed by atoms with E-state index in [9.17, 15) is 9.59 Å². The van der Waals surface area contributed by atoms with Gasteiger partial charge in [0, 0.05) is 31.6 Å². The van der Waals surface area contributed by atoms with E-state index in [0.717, 1.165) is 60.8 Å². The summed E-state index contributed by atoms with van der Waals surface area (Å²) in [6.07, 6.45) is 4.40. The Hall–Kier alpha value is -2.45. The van der Waals surface area contributed by atoms with Crippen LogP contribution >= 0.6 is 0 Å². The SMILES string of the molecule is Cc1nn(COCC[Si](C)(C)C)c(C)c1-c1ccc(NC(=O)C(C(N)=O)C(C2CC2)C2CC2)cc1. The standard InChI is InChI=1S/C27H40N4O3Si/c1-17-23(18(2)31(30-17)16-34-14-15-35(3,4)5)19-10-12-22(13-11-19)29-27(33)25(26(28)32)24(20-6-7-20)21-8-9-21/h10-13,20-21,24-25H,6-9,14-16H2,1-5H3,(H2,28,32)(H,29,33). The zero-order valence-electron chi connectivity index (χ0n) is 21.8. The smallest absolute Gasteiger partial charge is 0.237 e. The minimum atomic E-state index is -1.12. The van der Waals surface area contributed by atoms with E-state index < -0.39 is 19.9 Å². The van der Waals surface area contributed by atoms with E-state index in [1.165, 1.54) is 0 Å². The monoisotopic (exact) mass is 496 g/mol. The number of benzene rings is 1. The first kappa shape index (κ1) is 25.6. The van der Waals surface area contributed by atoms with Crippen molar-refractivity contribution in [1.29, 1.82) is 0 Å². The molecule has 2 aromatic rings. The molecule has 0 radical (unpaired) electrons. The average Bonchev–Trinajstić information content (AvgIpc) is 3.69. The number of carbonyl (C=O) groups is 2. The fourth-order valence-electron chi connectivity index (χ4n) is 5.10. The average molecular weight is 497 g/mol. The summed E-state index contributed by atoms with van der Waals surface area (Å²) < 4.78 is 7.81. The zero-order valence-corrected chi connectivity index (χ0v) is 22.8. The lowest BCUT2D eigenvalue weighted by atomic mass is 9.82. The van der Waals surface area contributed by atoms with Gasteiger partial charge in [0.2, 0.25) is 11.8 Å². The lowest BCUT2D eigenvalue weighted by Gasteiger charge is -2.24. The number of hydrogen-bond acceptors (Lipinski definition) is 4. The first-order chi connectivity index (χ1) is 16.5. The third-order valence-corrected chi connectivity index (χ3v) is 9.04. The van der Waals surface area contributed by atoms with Crippen molar-refractivity contribution in [2.45, 2.75) is 71.9 Å². The topological polar surface area (TPSA) is 99.2 Å². The predicted octanol–water partition coefficient (Wildman–Crippen LogP) is 4.96. The molecule has 7 nitrogen and oxygen atoms in total. The Balaban J connectivity index is 1.42. The van der Waals surface area contributed by atoms with Crippen LogP contribution in [0.15, 0.2) is 24.3 Å². The van der Waals surface area contributed by atoms with E-state index in [4.69, 9.17) is 10.5 Å². The predicted molar refractivity (Wildman–Crippen MR) is 141 cm³/mol. The van der Waals surface area contributed by atoms with Gasteiger partial charge in [-0.25, -0.2) is 4.68 Å². The summed E-state index contributed by atoms with van der Waals surface area (Å²) in [6.45, 7) is 12.3. The molecule has 35 heavy (non-hydrogen) atoms. The van der Waals surface area contributed by atoms with Crippen LogP contribution in [0.4, 0.5) is 5.69 Å². The second kappa shape index (κ2) is 10.3. The van der Waals surface area contributed by atoms with Gasteiger partial charge < -0.3 is 15.8 Å². The highest BCUT2D eigenvalue weighted by atomic mass is 28.3. The Bertz CT molecular complexity index is 1050. The highest BCUT2D eigenvalue weighted by Gasteiger charge is 2.49. The van der Waals surface area contributed by atoms with Gasteiger partial charge in [-0.2, -0.15) is 5.10 Å². The fraction of sp³-hybridized carbons (Fsp3) is 0.593. The molecule has 1 aromatic heterocycles. The number of hydrogen-bond donors (Lipinski definition) is 2. The molecular weight excluding hydrogens is 456 g/mol. The van der Waals surface area contributed by atoms with Gasteiger partial charge in [-0.15, -0.1) is 0 Å². The molecule has 0 spiro atoms. The molecule has 3 N–H and O–H groups in total. The molecule has 2 aliphatic carbocycles. The molecule has 0 saturated heterocycles. The van der Waals surface area contributed by atoms with Crippen LogP contribution in [0.5, 0.6) is 0 Å². The summed E-state index contributed by atoms with van der Waals surface area (Å²) >= 11 is 0. The largest absolute Gasteiger partial charge is 0.369 e. The van der Waals surface area contributed by atoms with Crippen LogP contribution in [0.2, 0.25) is 25.7 Å². The molecule has 1 atom stereocenters. The molecule has 1 aromatic carbocycles. The van der Waals surface area contributed by atoms with Gasteiger partial charge in [0.1, 0.15) is 12.6 Å². The van der Waals surface area contributed by atoms with E-state index in [0.29, 0.717) is 24.3 Å². The second-order valence-corrected chi connectivity index (χ2v) is 17.2. The van der Waals surface area contributed by atoms with Crippen molar-refractivity contribution in [2.75, 3.05) is 11.9 Å². The number of anilines is 1. The molecule has 1 heterocycles. The lowest BCUT2D eigenvalue weighted by Crippen LogP contribution is -2.41. The van der Waals surface area contributed by atoms with E-state index in [1.54, 1.807) is 0 Å². The Morgan fingerprint density at radius 3 is 2.23 bits per heavy atom. The molecule has 0 bridgehead atoms. The highest BCUT2D eigenvalue weighted by molar-refractivity contribution is 6.76. The van der Waals surface area contributed by atoms with Gasteiger partial charge >= 0.3 is 0 Å². The fourth-order valence-corrected chi connectivity index (χ4v) is 5.85. The van der Waals surface area contributed by atoms with Gasteiger partial charge in [0.25, 0.3) is 0 Å². The highest BCUT2D eigenvalue weighted by Crippen LogP contribution is 2.52. The van der Waals surface area contributed by atoms with Gasteiger partial charge in [0.05, 0.1) is 5.69 Å². The number of nitrogens with two attached hydrogens (primary N) is 1. The van der Waals surface area contributed by atoms with Crippen molar-refractivity contribution in [3.8, 4) is 11.1 Å². The zero-order chi connectivity index (χ0) is 25.3. The molecule has 2 saturated carbocycles. The van der Waals surface area contributed by atoms with Crippen LogP contribution in [-0.2, 0) is 21.1 Å². The van der Waals surface area contributed by atoms with Crippen LogP contribution < -0.4 is 11.1 Å². The normalized spacial score (nSPS) is 17.0. The van der Waals surface area contributed by atoms with Gasteiger partial charge in [-0.1, -0.05) is 31.8 Å². The van der Waals surface area contributed by atoms with Crippen LogP contribution in [0, 0.1) is 37.5 Å². The van der Waals surface area contributed by atoms with E-state index in [2.05, 4.69) is 37.0 Å². The summed E-state index contributed by atoms with van der Waals surface area (Å²) in [6, 6.07) is 8.87. The van der Waals surface area contributed by atoms with Crippen LogP contribution in [0.3, 0.4) is 0 Å². The second-order valence-electron chi connectivity index (χ2n) is 11.6. The summed E-state index contributed by atoms with van der Waals surface area (Å²) in [4.78, 5) is 25.3. The molecule has 1 unspecified atom stereocenters. The molecule has 2 aliphatic rings. The minimum Gasteiger partial charge on any atom is -0.369 e. The third kappa shape index (κ3) is 6.41. The quantitative estimate of drug-likeness (QED) is 0.247. The van der Waals surface area contributed by atoms with Crippen LogP contribution in [0.1, 0.15) is 37.1 Å². The number of aromatic nitrogens is 2. The number of primary amides is 1. The lowest BCUT2D eigenvalue weighted by molar-refractivity contribution is -0.133. The van der Waals surface area contributed by atoms with Gasteiger partial charge in [-0.3, -0.25) is 9.59 Å². The molecule has 190 valence electrons. The van der Waals surface area contributed by atoms with Crippen molar-refractivity contribution in [1.82, 2.24) is 9.78 Å². The Morgan fingerprint density at radius 2 is 1.71 bits per heavy atom. The number of ether oxygens (including phenoxy) is 1. The molecular formula is C27H40N4O3Si. The van der Waals surface area contributed by atoms with E-state index in [-0.39, 0.29) is 11.8 Å². The van der Waals surface area contributed by atoms with E-state index >= 15 is 0 Å². The summed E-state index contributed by atoms with van der Waals surface area (Å²) in [5, 5.41) is 7.63. The molecule has 2 amide bonds. The van der Waals surface area contributed by atoms with Crippen LogP contribution in [-0.4, -0.2) is 36.3 Å². The Labute approximate surface area is 209 Å². The summed E-state index contributed by atoms with van der Waals surface area (Å²) in [5.41, 5.74) is 10.5. The maximum absolute atomic E-state index is 13.1. The van der Waals surface area contributed by atoms with E-state index in [1.807, 2.05) is 35.9 Å². The Kier molecular flexibility index (Phi) is 7.52. The van der Waals surface area contributed by atoms with Crippen molar-refractivity contribution < 1.29 is 14.3 Å².